The highest BCUT2D eigenvalue weighted by Gasteiger charge is 2.14. The van der Waals surface area contributed by atoms with Gasteiger partial charge in [-0.2, -0.15) is 0 Å². The average molecular weight is 183 g/mol. The predicted molar refractivity (Wildman–Crippen MR) is 54.4 cm³/mol. The molecule has 0 heterocycles. The molecular formula is C11H21NO. The Bertz CT molecular complexity index is 159. The molecule has 1 amide bonds. The minimum Gasteiger partial charge on any atom is -0.356 e. The molecule has 1 saturated carbocycles. The molecule has 0 unspecified atom stereocenters. The highest BCUT2D eigenvalue weighted by molar-refractivity contribution is 5.77. The SMILES string of the molecule is CC(C)C(=O)NCC1CCCCC1. The second-order valence-electron chi connectivity index (χ2n) is 4.40. The van der Waals surface area contributed by atoms with Crippen LogP contribution in [-0.2, 0) is 4.79 Å². The van der Waals surface area contributed by atoms with Crippen LogP contribution in [0.5, 0.6) is 0 Å². The molecule has 2 nitrogen and oxygen atoms in total. The molecule has 1 aliphatic carbocycles. The van der Waals surface area contributed by atoms with Crippen molar-refractivity contribution < 1.29 is 4.79 Å². The first-order valence-corrected chi connectivity index (χ1v) is 5.48. The molecule has 76 valence electrons. The second-order valence-corrected chi connectivity index (χ2v) is 4.40. The van der Waals surface area contributed by atoms with E-state index in [4.69, 9.17) is 0 Å². The lowest BCUT2D eigenvalue weighted by Gasteiger charge is -2.22. The Balaban J connectivity index is 2.13. The molecule has 0 aromatic rings. The summed E-state index contributed by atoms with van der Waals surface area (Å²) < 4.78 is 0. The van der Waals surface area contributed by atoms with E-state index in [9.17, 15) is 4.79 Å². The van der Waals surface area contributed by atoms with Crippen molar-refractivity contribution in [3.05, 3.63) is 0 Å². The lowest BCUT2D eigenvalue weighted by Crippen LogP contribution is -2.33. The molecule has 0 aromatic heterocycles. The fourth-order valence-corrected chi connectivity index (χ4v) is 1.84. The van der Waals surface area contributed by atoms with E-state index in [0.717, 1.165) is 12.5 Å². The van der Waals surface area contributed by atoms with Crippen LogP contribution in [0.15, 0.2) is 0 Å². The fourth-order valence-electron chi connectivity index (χ4n) is 1.84. The van der Waals surface area contributed by atoms with Gasteiger partial charge in [0, 0.05) is 12.5 Å². The van der Waals surface area contributed by atoms with Gasteiger partial charge in [-0.3, -0.25) is 4.79 Å². The quantitative estimate of drug-likeness (QED) is 0.715. The fraction of sp³-hybridized carbons (Fsp3) is 0.909. The smallest absolute Gasteiger partial charge is 0.222 e. The molecule has 0 bridgehead atoms. The summed E-state index contributed by atoms with van der Waals surface area (Å²) in [6.45, 7) is 4.78. The van der Waals surface area contributed by atoms with Crippen molar-refractivity contribution in [2.45, 2.75) is 46.0 Å². The van der Waals surface area contributed by atoms with Crippen LogP contribution < -0.4 is 5.32 Å². The summed E-state index contributed by atoms with van der Waals surface area (Å²) in [6.07, 6.45) is 6.69. The van der Waals surface area contributed by atoms with Gasteiger partial charge in [-0.1, -0.05) is 33.1 Å². The number of amides is 1. The van der Waals surface area contributed by atoms with Gasteiger partial charge in [0.15, 0.2) is 0 Å². The monoisotopic (exact) mass is 183 g/mol. The first kappa shape index (κ1) is 10.6. The van der Waals surface area contributed by atoms with E-state index in [1.54, 1.807) is 0 Å². The Morgan fingerprint density at radius 1 is 1.31 bits per heavy atom. The molecule has 13 heavy (non-hydrogen) atoms. The molecule has 0 atom stereocenters. The zero-order valence-electron chi connectivity index (χ0n) is 8.81. The number of hydrogen-bond donors (Lipinski definition) is 1. The Hall–Kier alpha value is -0.530. The Kier molecular flexibility index (Phi) is 4.26. The van der Waals surface area contributed by atoms with Crippen LogP contribution in [0.2, 0.25) is 0 Å². The molecule has 2 heteroatoms. The van der Waals surface area contributed by atoms with E-state index in [1.807, 2.05) is 13.8 Å². The predicted octanol–water partition coefficient (Wildman–Crippen LogP) is 2.34. The maximum Gasteiger partial charge on any atom is 0.222 e. The summed E-state index contributed by atoms with van der Waals surface area (Å²) in [6, 6.07) is 0. The molecular weight excluding hydrogens is 162 g/mol. The van der Waals surface area contributed by atoms with E-state index in [0.29, 0.717) is 0 Å². The Labute approximate surface area is 81.1 Å². The van der Waals surface area contributed by atoms with Gasteiger partial charge in [-0.15, -0.1) is 0 Å². The number of rotatable bonds is 3. The molecule has 0 aliphatic heterocycles. The van der Waals surface area contributed by atoms with Crippen molar-refractivity contribution in [2.24, 2.45) is 11.8 Å². The van der Waals surface area contributed by atoms with Gasteiger partial charge in [0.25, 0.3) is 0 Å². The molecule has 1 fully saturated rings. The topological polar surface area (TPSA) is 29.1 Å². The molecule has 1 aliphatic rings. The van der Waals surface area contributed by atoms with Gasteiger partial charge in [0.1, 0.15) is 0 Å². The summed E-state index contributed by atoms with van der Waals surface area (Å²) in [5, 5.41) is 3.01. The summed E-state index contributed by atoms with van der Waals surface area (Å²) in [5.41, 5.74) is 0. The van der Waals surface area contributed by atoms with E-state index in [1.165, 1.54) is 32.1 Å². The van der Waals surface area contributed by atoms with E-state index in [-0.39, 0.29) is 11.8 Å². The largest absolute Gasteiger partial charge is 0.356 e. The maximum absolute atomic E-state index is 11.3. The molecule has 0 saturated heterocycles. The number of hydrogen-bond acceptors (Lipinski definition) is 1. The molecule has 0 spiro atoms. The van der Waals surface area contributed by atoms with Gasteiger partial charge in [0.05, 0.1) is 0 Å². The third-order valence-electron chi connectivity index (χ3n) is 2.81. The van der Waals surface area contributed by atoms with Gasteiger partial charge in [-0.05, 0) is 18.8 Å². The first-order valence-electron chi connectivity index (χ1n) is 5.48. The van der Waals surface area contributed by atoms with Gasteiger partial charge in [0.2, 0.25) is 5.91 Å². The van der Waals surface area contributed by atoms with Crippen molar-refractivity contribution in [1.82, 2.24) is 5.32 Å². The highest BCUT2D eigenvalue weighted by Crippen LogP contribution is 2.22. The number of carbonyl (C=O) groups excluding carboxylic acids is 1. The minimum absolute atomic E-state index is 0.128. The molecule has 0 aromatic carbocycles. The van der Waals surface area contributed by atoms with Crippen molar-refractivity contribution in [3.8, 4) is 0 Å². The standard InChI is InChI=1S/C11H21NO/c1-9(2)11(13)12-8-10-6-4-3-5-7-10/h9-10H,3-8H2,1-2H3,(H,12,13). The number of carbonyl (C=O) groups is 1. The highest BCUT2D eigenvalue weighted by atomic mass is 16.1. The Morgan fingerprint density at radius 3 is 2.46 bits per heavy atom. The summed E-state index contributed by atoms with van der Waals surface area (Å²) in [5.74, 6) is 1.07. The van der Waals surface area contributed by atoms with Crippen LogP contribution in [-0.4, -0.2) is 12.5 Å². The zero-order chi connectivity index (χ0) is 9.68. The van der Waals surface area contributed by atoms with Crippen molar-refractivity contribution in [3.63, 3.8) is 0 Å². The molecule has 0 radical (unpaired) electrons. The van der Waals surface area contributed by atoms with Crippen molar-refractivity contribution >= 4 is 5.91 Å². The van der Waals surface area contributed by atoms with Crippen molar-refractivity contribution in [1.29, 1.82) is 0 Å². The van der Waals surface area contributed by atoms with Crippen molar-refractivity contribution in [2.75, 3.05) is 6.54 Å². The van der Waals surface area contributed by atoms with Crippen LogP contribution in [0, 0.1) is 11.8 Å². The Morgan fingerprint density at radius 2 is 1.92 bits per heavy atom. The average Bonchev–Trinajstić information content (AvgIpc) is 2.15. The van der Waals surface area contributed by atoms with E-state index in [2.05, 4.69) is 5.32 Å². The summed E-state index contributed by atoms with van der Waals surface area (Å²) >= 11 is 0. The number of nitrogens with one attached hydrogen (secondary N) is 1. The lowest BCUT2D eigenvalue weighted by molar-refractivity contribution is -0.124. The second kappa shape index (κ2) is 5.25. The van der Waals surface area contributed by atoms with Crippen LogP contribution in [0.25, 0.3) is 0 Å². The van der Waals surface area contributed by atoms with Crippen LogP contribution in [0.4, 0.5) is 0 Å². The third-order valence-corrected chi connectivity index (χ3v) is 2.81. The van der Waals surface area contributed by atoms with E-state index >= 15 is 0 Å². The molecule has 1 N–H and O–H groups in total. The van der Waals surface area contributed by atoms with Crippen LogP contribution >= 0.6 is 0 Å². The van der Waals surface area contributed by atoms with E-state index < -0.39 is 0 Å². The van der Waals surface area contributed by atoms with Gasteiger partial charge >= 0.3 is 0 Å². The maximum atomic E-state index is 11.3. The molecule has 1 rings (SSSR count). The van der Waals surface area contributed by atoms with Crippen LogP contribution in [0.1, 0.15) is 46.0 Å². The van der Waals surface area contributed by atoms with Crippen LogP contribution in [0.3, 0.4) is 0 Å². The minimum atomic E-state index is 0.128. The third kappa shape index (κ3) is 3.79. The normalized spacial score (nSPS) is 19.0. The van der Waals surface area contributed by atoms with Gasteiger partial charge < -0.3 is 5.32 Å². The van der Waals surface area contributed by atoms with Gasteiger partial charge in [-0.25, -0.2) is 0 Å². The zero-order valence-corrected chi connectivity index (χ0v) is 8.81. The first-order chi connectivity index (χ1) is 6.20. The lowest BCUT2D eigenvalue weighted by atomic mass is 9.89. The summed E-state index contributed by atoms with van der Waals surface area (Å²) in [4.78, 5) is 11.3. The summed E-state index contributed by atoms with van der Waals surface area (Å²) in [7, 11) is 0.